The summed E-state index contributed by atoms with van der Waals surface area (Å²) in [4.78, 5) is 14.1. The number of nitrogen functional groups attached to an aromatic ring is 1. The van der Waals surface area contributed by atoms with Gasteiger partial charge in [0.05, 0.1) is 30.2 Å². The van der Waals surface area contributed by atoms with E-state index in [9.17, 15) is 8.78 Å². The molecule has 1 aromatic carbocycles. The average molecular weight is 450 g/mol. The van der Waals surface area contributed by atoms with Crippen LogP contribution in [0.1, 0.15) is 35.8 Å². The zero-order valence-corrected chi connectivity index (χ0v) is 18.0. The lowest BCUT2D eigenvalue weighted by atomic mass is 10.1. The van der Waals surface area contributed by atoms with Crippen molar-refractivity contribution in [2.24, 2.45) is 0 Å². The molecule has 4 aromatic rings. The molecule has 1 fully saturated rings. The number of aromatic nitrogens is 6. The zero-order chi connectivity index (χ0) is 23.2. The molecular formula is C22H20F2N8O. The molecular weight excluding hydrogens is 430 g/mol. The van der Waals surface area contributed by atoms with E-state index in [1.807, 2.05) is 25.1 Å². The molecule has 11 heteroatoms. The van der Waals surface area contributed by atoms with Crippen molar-refractivity contribution in [1.82, 2.24) is 34.8 Å². The number of aryl methyl sites for hydroxylation is 1. The number of fused-ring (bicyclic) bond motifs is 1. The molecule has 168 valence electrons. The van der Waals surface area contributed by atoms with Crippen molar-refractivity contribution in [3.05, 3.63) is 53.4 Å². The second-order valence-corrected chi connectivity index (χ2v) is 8.03. The Labute approximate surface area is 187 Å². The summed E-state index contributed by atoms with van der Waals surface area (Å²) in [6, 6.07) is 7.33. The van der Waals surface area contributed by atoms with Crippen LogP contribution < -0.4 is 5.73 Å². The summed E-state index contributed by atoms with van der Waals surface area (Å²) in [6.07, 6.45) is 1.54. The number of alkyl halides is 2. The van der Waals surface area contributed by atoms with Gasteiger partial charge in [-0.2, -0.15) is 15.1 Å². The Morgan fingerprint density at radius 2 is 2.06 bits per heavy atom. The van der Waals surface area contributed by atoms with Gasteiger partial charge in [0.25, 0.3) is 5.92 Å². The number of rotatable bonds is 4. The molecule has 33 heavy (non-hydrogen) atoms. The molecule has 9 nitrogen and oxygen atoms in total. The number of likely N-dealkylation sites (tertiary alicyclic amines) is 1. The highest BCUT2D eigenvalue weighted by Gasteiger charge is 2.43. The van der Waals surface area contributed by atoms with E-state index in [0.29, 0.717) is 29.8 Å². The average Bonchev–Trinajstić information content (AvgIpc) is 3.34. The third-order valence-electron chi connectivity index (χ3n) is 5.28. The minimum Gasteiger partial charge on any atom is -0.368 e. The van der Waals surface area contributed by atoms with Crippen LogP contribution in [-0.2, 0) is 6.54 Å². The standard InChI is InChI=1S/C22H20F2N8O/c1-13(20-27-14(2)33-30-20)3-4-15-5-6-16-17(10-31-11-22(23,24)12-31)29-32(18(16)9-15)19-7-8-26-21(25)28-19/h5-9,13H,10-12H2,1-2H3,(H2,25,26,28)/t13-/m0/s1. The van der Waals surface area contributed by atoms with Crippen molar-refractivity contribution in [2.45, 2.75) is 32.2 Å². The van der Waals surface area contributed by atoms with Gasteiger partial charge in [0, 0.05) is 36.7 Å². The van der Waals surface area contributed by atoms with Crippen LogP contribution in [0.3, 0.4) is 0 Å². The first kappa shape index (κ1) is 21.0. The summed E-state index contributed by atoms with van der Waals surface area (Å²) in [5.41, 5.74) is 7.92. The van der Waals surface area contributed by atoms with Gasteiger partial charge in [0.2, 0.25) is 11.8 Å². The third kappa shape index (κ3) is 4.25. The third-order valence-corrected chi connectivity index (χ3v) is 5.28. The predicted molar refractivity (Wildman–Crippen MR) is 116 cm³/mol. The molecule has 0 bridgehead atoms. The molecule has 0 amide bonds. The molecule has 0 unspecified atom stereocenters. The summed E-state index contributed by atoms with van der Waals surface area (Å²) < 4.78 is 33.3. The van der Waals surface area contributed by atoms with Gasteiger partial charge < -0.3 is 10.3 Å². The molecule has 0 saturated carbocycles. The monoisotopic (exact) mass is 450 g/mol. The van der Waals surface area contributed by atoms with Gasteiger partial charge in [-0.3, -0.25) is 4.90 Å². The highest BCUT2D eigenvalue weighted by molar-refractivity contribution is 5.84. The number of hydrogen-bond donors (Lipinski definition) is 1. The van der Waals surface area contributed by atoms with Gasteiger partial charge in [-0.05, 0) is 25.1 Å². The highest BCUT2D eigenvalue weighted by Crippen LogP contribution is 2.30. The largest absolute Gasteiger partial charge is 0.368 e. The van der Waals surface area contributed by atoms with Crippen LogP contribution in [0.2, 0.25) is 0 Å². The van der Waals surface area contributed by atoms with E-state index in [4.69, 9.17) is 10.3 Å². The summed E-state index contributed by atoms with van der Waals surface area (Å²) in [6.45, 7) is 3.37. The van der Waals surface area contributed by atoms with Crippen LogP contribution in [0.25, 0.3) is 16.7 Å². The maximum Gasteiger partial charge on any atom is 0.272 e. The Bertz CT molecular complexity index is 1390. The van der Waals surface area contributed by atoms with E-state index in [1.165, 1.54) is 0 Å². The maximum atomic E-state index is 13.3. The van der Waals surface area contributed by atoms with Gasteiger partial charge in [0.15, 0.2) is 11.6 Å². The van der Waals surface area contributed by atoms with Gasteiger partial charge in [-0.15, -0.1) is 0 Å². The quantitative estimate of drug-likeness (QED) is 0.473. The Balaban J connectivity index is 1.52. The second kappa shape index (κ2) is 7.90. The van der Waals surface area contributed by atoms with E-state index >= 15 is 0 Å². The Morgan fingerprint density at radius 1 is 1.24 bits per heavy atom. The Kier molecular flexibility index (Phi) is 5.02. The summed E-state index contributed by atoms with van der Waals surface area (Å²) in [5, 5.41) is 9.40. The number of nitrogens with zero attached hydrogens (tertiary/aromatic N) is 7. The first-order chi connectivity index (χ1) is 15.8. The molecule has 0 radical (unpaired) electrons. The van der Waals surface area contributed by atoms with E-state index in [2.05, 4.69) is 37.0 Å². The predicted octanol–water partition coefficient (Wildman–Crippen LogP) is 2.70. The molecule has 1 aliphatic heterocycles. The maximum absolute atomic E-state index is 13.3. The zero-order valence-electron chi connectivity index (χ0n) is 18.0. The van der Waals surface area contributed by atoms with Crippen LogP contribution in [0, 0.1) is 18.8 Å². The van der Waals surface area contributed by atoms with Crippen molar-refractivity contribution >= 4 is 16.9 Å². The van der Waals surface area contributed by atoms with Crippen LogP contribution in [0.5, 0.6) is 0 Å². The molecule has 1 aliphatic rings. The second-order valence-electron chi connectivity index (χ2n) is 8.03. The number of nitrogens with two attached hydrogens (primary N) is 1. The van der Waals surface area contributed by atoms with E-state index in [0.717, 1.165) is 16.5 Å². The fourth-order valence-corrected chi connectivity index (χ4v) is 3.71. The summed E-state index contributed by atoms with van der Waals surface area (Å²) >= 11 is 0. The van der Waals surface area contributed by atoms with Crippen LogP contribution in [-0.4, -0.2) is 53.8 Å². The first-order valence-corrected chi connectivity index (χ1v) is 10.3. The molecule has 0 spiro atoms. The fourth-order valence-electron chi connectivity index (χ4n) is 3.71. The SMILES string of the molecule is Cc1nc([C@@H](C)C#Cc2ccc3c(CN4CC(F)(F)C4)nn(-c4ccnc(N)n4)c3c2)no1. The summed E-state index contributed by atoms with van der Waals surface area (Å²) in [7, 11) is 0. The molecule has 3 aromatic heterocycles. The van der Waals surface area contributed by atoms with Crippen LogP contribution >= 0.6 is 0 Å². The van der Waals surface area contributed by atoms with Crippen molar-refractivity contribution in [2.75, 3.05) is 18.8 Å². The van der Waals surface area contributed by atoms with E-state index in [-0.39, 0.29) is 25.0 Å². The van der Waals surface area contributed by atoms with Gasteiger partial charge in [-0.1, -0.05) is 17.0 Å². The normalized spacial score (nSPS) is 16.2. The van der Waals surface area contributed by atoms with Crippen molar-refractivity contribution in [3.8, 4) is 17.7 Å². The molecule has 2 N–H and O–H groups in total. The molecule has 4 heterocycles. The Morgan fingerprint density at radius 3 is 2.76 bits per heavy atom. The van der Waals surface area contributed by atoms with Crippen molar-refractivity contribution < 1.29 is 13.3 Å². The Hall–Kier alpha value is -3.91. The molecule has 1 saturated heterocycles. The fraction of sp³-hybridized carbons (Fsp3) is 0.318. The topological polar surface area (TPSA) is 112 Å². The van der Waals surface area contributed by atoms with Gasteiger partial charge in [-0.25, -0.2) is 18.4 Å². The van der Waals surface area contributed by atoms with Gasteiger partial charge >= 0.3 is 0 Å². The number of hydrogen-bond acceptors (Lipinski definition) is 8. The van der Waals surface area contributed by atoms with Gasteiger partial charge in [0.1, 0.15) is 0 Å². The lowest BCUT2D eigenvalue weighted by Crippen LogP contribution is -2.55. The number of anilines is 1. The first-order valence-electron chi connectivity index (χ1n) is 10.3. The minimum atomic E-state index is -2.64. The lowest BCUT2D eigenvalue weighted by Gasteiger charge is -2.38. The highest BCUT2D eigenvalue weighted by atomic mass is 19.3. The molecule has 1 atom stereocenters. The minimum absolute atomic E-state index is 0.111. The molecule has 0 aliphatic carbocycles. The van der Waals surface area contributed by atoms with E-state index < -0.39 is 5.92 Å². The van der Waals surface area contributed by atoms with Crippen LogP contribution in [0.4, 0.5) is 14.7 Å². The smallest absolute Gasteiger partial charge is 0.272 e. The van der Waals surface area contributed by atoms with Crippen LogP contribution in [0.15, 0.2) is 35.0 Å². The summed E-state index contributed by atoms with van der Waals surface area (Å²) in [5.74, 6) is 5.01. The van der Waals surface area contributed by atoms with E-state index in [1.54, 1.807) is 28.8 Å². The van der Waals surface area contributed by atoms with Crippen molar-refractivity contribution in [3.63, 3.8) is 0 Å². The lowest BCUT2D eigenvalue weighted by molar-refractivity contribution is -0.134. The molecule has 5 rings (SSSR count). The van der Waals surface area contributed by atoms with Crippen molar-refractivity contribution in [1.29, 1.82) is 0 Å². The number of benzene rings is 1. The number of halogens is 2.